The summed E-state index contributed by atoms with van der Waals surface area (Å²) in [4.78, 5) is 25.1. The van der Waals surface area contributed by atoms with Crippen LogP contribution in [-0.4, -0.2) is 25.7 Å². The van der Waals surface area contributed by atoms with Gasteiger partial charge >= 0.3 is 0 Å². The van der Waals surface area contributed by atoms with Gasteiger partial charge in [0, 0.05) is 35.2 Å². The van der Waals surface area contributed by atoms with E-state index in [1.807, 2.05) is 25.1 Å². The molecular weight excluding hydrogens is 376 g/mol. The monoisotopic (exact) mass is 392 g/mol. The number of nitrogens with zero attached hydrogens (tertiary/aromatic N) is 5. The molecule has 28 heavy (non-hydrogen) atoms. The number of carbonyl (C=O) groups excluding carboxylic acids is 1. The number of halogens is 1. The van der Waals surface area contributed by atoms with Crippen molar-refractivity contribution in [2.45, 2.75) is 31.3 Å². The molecule has 140 valence electrons. The summed E-state index contributed by atoms with van der Waals surface area (Å²) >= 11 is 6.21. The van der Waals surface area contributed by atoms with Crippen LogP contribution in [0.25, 0.3) is 10.7 Å². The van der Waals surface area contributed by atoms with E-state index in [1.54, 1.807) is 29.1 Å². The number of pyridine rings is 1. The zero-order chi connectivity index (χ0) is 19.7. The SMILES string of the molecule is [C-]#[N+]C1(c2cc(Cl)cc(C(=O)N[C@H](C)c3ncnn3-c3ccccn3)c2)CC1. The van der Waals surface area contributed by atoms with Crippen molar-refractivity contribution >= 4 is 17.5 Å². The van der Waals surface area contributed by atoms with Gasteiger partial charge in [-0.05, 0) is 37.3 Å². The second kappa shape index (κ2) is 7.06. The zero-order valence-electron chi connectivity index (χ0n) is 15.1. The third kappa shape index (κ3) is 3.35. The Balaban J connectivity index is 1.57. The topological polar surface area (TPSA) is 77.1 Å². The lowest BCUT2D eigenvalue weighted by Gasteiger charge is -2.15. The van der Waals surface area contributed by atoms with Gasteiger partial charge in [-0.2, -0.15) is 9.78 Å². The Labute approximate surface area is 167 Å². The second-order valence-corrected chi connectivity index (χ2v) is 7.22. The number of aromatic nitrogens is 4. The van der Waals surface area contributed by atoms with Crippen molar-refractivity contribution in [3.8, 4) is 5.82 Å². The number of carbonyl (C=O) groups is 1. The van der Waals surface area contributed by atoms with Gasteiger partial charge in [-0.15, -0.1) is 0 Å². The van der Waals surface area contributed by atoms with Crippen molar-refractivity contribution in [2.75, 3.05) is 0 Å². The first-order valence-electron chi connectivity index (χ1n) is 8.84. The number of benzene rings is 1. The highest BCUT2D eigenvalue weighted by molar-refractivity contribution is 6.31. The minimum absolute atomic E-state index is 0.285. The Morgan fingerprint density at radius 3 is 2.82 bits per heavy atom. The van der Waals surface area contributed by atoms with E-state index in [4.69, 9.17) is 18.2 Å². The highest BCUT2D eigenvalue weighted by Crippen LogP contribution is 2.50. The molecule has 1 fully saturated rings. The van der Waals surface area contributed by atoms with Gasteiger partial charge in [-0.1, -0.05) is 17.7 Å². The molecule has 7 nitrogen and oxygen atoms in total. The Kier molecular flexibility index (Phi) is 4.57. The van der Waals surface area contributed by atoms with Crippen LogP contribution in [0.15, 0.2) is 48.9 Å². The molecule has 4 rings (SSSR count). The minimum atomic E-state index is -0.523. The van der Waals surface area contributed by atoms with Crippen molar-refractivity contribution in [3.63, 3.8) is 0 Å². The van der Waals surface area contributed by atoms with Crippen LogP contribution in [0.3, 0.4) is 0 Å². The van der Waals surface area contributed by atoms with E-state index in [0.717, 1.165) is 18.4 Å². The maximum absolute atomic E-state index is 12.8. The maximum atomic E-state index is 12.8. The summed E-state index contributed by atoms with van der Waals surface area (Å²) < 4.78 is 1.59. The summed E-state index contributed by atoms with van der Waals surface area (Å²) in [7, 11) is 0. The van der Waals surface area contributed by atoms with Crippen LogP contribution in [0, 0.1) is 6.57 Å². The average Bonchev–Trinajstić information content (AvgIpc) is 3.36. The number of nitrogens with one attached hydrogen (secondary N) is 1. The van der Waals surface area contributed by atoms with Gasteiger partial charge < -0.3 is 10.2 Å². The molecule has 1 aromatic carbocycles. The molecule has 1 aliphatic carbocycles. The van der Waals surface area contributed by atoms with Crippen molar-refractivity contribution in [3.05, 3.63) is 82.3 Å². The number of hydrogen-bond acceptors (Lipinski definition) is 4. The van der Waals surface area contributed by atoms with Crippen molar-refractivity contribution in [1.82, 2.24) is 25.1 Å². The molecule has 1 amide bonds. The van der Waals surface area contributed by atoms with E-state index >= 15 is 0 Å². The Morgan fingerprint density at radius 2 is 2.14 bits per heavy atom. The fourth-order valence-corrected chi connectivity index (χ4v) is 3.35. The van der Waals surface area contributed by atoms with E-state index in [-0.39, 0.29) is 5.91 Å². The first kappa shape index (κ1) is 18.1. The summed E-state index contributed by atoms with van der Waals surface area (Å²) in [6.07, 6.45) is 4.68. The van der Waals surface area contributed by atoms with E-state index in [9.17, 15) is 4.79 Å². The molecule has 1 saturated carbocycles. The fraction of sp³-hybridized carbons (Fsp3) is 0.250. The first-order chi connectivity index (χ1) is 13.5. The Bertz CT molecular complexity index is 1070. The molecule has 0 aliphatic heterocycles. The lowest BCUT2D eigenvalue weighted by molar-refractivity contribution is 0.0937. The molecule has 0 saturated heterocycles. The molecular formula is C20H17ClN6O. The van der Waals surface area contributed by atoms with Crippen LogP contribution in [-0.2, 0) is 5.54 Å². The molecule has 0 spiro atoms. The molecule has 1 N–H and O–H groups in total. The predicted octanol–water partition coefficient (Wildman–Crippen LogP) is 3.72. The quantitative estimate of drug-likeness (QED) is 0.671. The minimum Gasteiger partial charge on any atom is -0.342 e. The van der Waals surface area contributed by atoms with Crippen LogP contribution in [0.5, 0.6) is 0 Å². The largest absolute Gasteiger partial charge is 0.342 e. The summed E-state index contributed by atoms with van der Waals surface area (Å²) in [5, 5.41) is 7.58. The lowest BCUT2D eigenvalue weighted by Crippen LogP contribution is -2.29. The van der Waals surface area contributed by atoms with Gasteiger partial charge in [0.05, 0.1) is 6.04 Å². The molecule has 2 aromatic heterocycles. The van der Waals surface area contributed by atoms with E-state index < -0.39 is 11.6 Å². The fourth-order valence-electron chi connectivity index (χ4n) is 3.12. The third-order valence-electron chi connectivity index (χ3n) is 4.81. The van der Waals surface area contributed by atoms with Crippen LogP contribution in [0.4, 0.5) is 0 Å². The highest BCUT2D eigenvalue weighted by atomic mass is 35.5. The summed E-state index contributed by atoms with van der Waals surface area (Å²) in [6, 6.07) is 10.2. The predicted molar refractivity (Wildman–Crippen MR) is 104 cm³/mol. The number of amides is 1. The maximum Gasteiger partial charge on any atom is 0.258 e. The first-order valence-corrected chi connectivity index (χ1v) is 9.22. The second-order valence-electron chi connectivity index (χ2n) is 6.79. The molecule has 0 unspecified atom stereocenters. The van der Waals surface area contributed by atoms with Gasteiger partial charge in [0.2, 0.25) is 0 Å². The lowest BCUT2D eigenvalue weighted by atomic mass is 10.0. The van der Waals surface area contributed by atoms with Crippen molar-refractivity contribution in [2.24, 2.45) is 0 Å². The summed E-state index contributed by atoms with van der Waals surface area (Å²) in [5.41, 5.74) is 0.697. The Morgan fingerprint density at radius 1 is 1.32 bits per heavy atom. The molecule has 2 heterocycles. The van der Waals surface area contributed by atoms with Crippen LogP contribution in [0.2, 0.25) is 5.02 Å². The highest BCUT2D eigenvalue weighted by Gasteiger charge is 2.52. The van der Waals surface area contributed by atoms with Gasteiger partial charge in [0.15, 0.2) is 11.6 Å². The molecule has 8 heteroatoms. The van der Waals surface area contributed by atoms with Crippen LogP contribution in [0.1, 0.15) is 47.6 Å². The molecule has 1 aliphatic rings. The molecule has 1 atom stereocenters. The zero-order valence-corrected chi connectivity index (χ0v) is 15.9. The summed E-state index contributed by atoms with van der Waals surface area (Å²) in [5.74, 6) is 0.899. The van der Waals surface area contributed by atoms with Gasteiger partial charge in [0.1, 0.15) is 6.33 Å². The molecule has 0 bridgehead atoms. The number of hydrogen-bond donors (Lipinski definition) is 1. The molecule has 3 aromatic rings. The van der Waals surface area contributed by atoms with E-state index in [2.05, 4.69) is 25.2 Å². The smallest absolute Gasteiger partial charge is 0.258 e. The number of rotatable bonds is 5. The van der Waals surface area contributed by atoms with Crippen LogP contribution >= 0.6 is 11.6 Å². The van der Waals surface area contributed by atoms with Crippen molar-refractivity contribution < 1.29 is 4.79 Å². The molecule has 0 radical (unpaired) electrons. The Hall–Kier alpha value is -3.24. The van der Waals surface area contributed by atoms with E-state index in [0.29, 0.717) is 22.2 Å². The van der Waals surface area contributed by atoms with Gasteiger partial charge in [0.25, 0.3) is 11.4 Å². The van der Waals surface area contributed by atoms with Crippen LogP contribution < -0.4 is 5.32 Å². The normalized spacial score (nSPS) is 15.5. The third-order valence-corrected chi connectivity index (χ3v) is 5.03. The van der Waals surface area contributed by atoms with Gasteiger partial charge in [-0.3, -0.25) is 4.79 Å². The average molecular weight is 393 g/mol. The van der Waals surface area contributed by atoms with Crippen molar-refractivity contribution in [1.29, 1.82) is 0 Å². The standard InChI is InChI=1S/C20H17ClN6O/c1-13(18-24-12-25-27(18)17-5-3-4-8-23-17)26-19(28)14-9-15(11-16(21)10-14)20(22-2)6-7-20/h3-5,8-13H,6-7H2,1H3,(H,26,28)/t13-/m1/s1. The summed E-state index contributed by atoms with van der Waals surface area (Å²) in [6.45, 7) is 9.25. The van der Waals surface area contributed by atoms with Gasteiger partial charge in [-0.25, -0.2) is 16.5 Å². The van der Waals surface area contributed by atoms with E-state index in [1.165, 1.54) is 6.33 Å².